The number of para-hydroxylation sites is 1. The van der Waals surface area contributed by atoms with Crippen molar-refractivity contribution in [3.8, 4) is 0 Å². The second-order valence-corrected chi connectivity index (χ2v) is 4.00. The molecule has 0 aliphatic rings. The van der Waals surface area contributed by atoms with Gasteiger partial charge in [0.2, 0.25) is 0 Å². The molecule has 2 aromatic carbocycles. The van der Waals surface area contributed by atoms with Crippen molar-refractivity contribution in [3.05, 3.63) is 65.7 Å². The van der Waals surface area contributed by atoms with E-state index in [4.69, 9.17) is 0 Å². The molecule has 2 N–H and O–H groups in total. The Kier molecular flexibility index (Phi) is 4.17. The molecular formula is C15H18N2. The molecule has 2 heteroatoms. The van der Waals surface area contributed by atoms with Crippen molar-refractivity contribution in [2.45, 2.75) is 13.1 Å². The summed E-state index contributed by atoms with van der Waals surface area (Å²) in [6.07, 6.45) is 0. The molecular weight excluding hydrogens is 208 g/mol. The van der Waals surface area contributed by atoms with Crippen LogP contribution < -0.4 is 10.6 Å². The average Bonchev–Trinajstić information content (AvgIpc) is 2.40. The third-order valence-electron chi connectivity index (χ3n) is 2.77. The van der Waals surface area contributed by atoms with Crippen molar-refractivity contribution in [2.24, 2.45) is 0 Å². The van der Waals surface area contributed by atoms with Crippen LogP contribution in [-0.2, 0) is 13.1 Å². The molecule has 0 spiro atoms. The lowest BCUT2D eigenvalue weighted by Crippen LogP contribution is -2.13. The maximum Gasteiger partial charge on any atom is 0.0383 e. The predicted octanol–water partition coefficient (Wildman–Crippen LogP) is 3.02. The van der Waals surface area contributed by atoms with E-state index in [9.17, 15) is 0 Å². The Morgan fingerprint density at radius 2 is 1.53 bits per heavy atom. The fourth-order valence-electron chi connectivity index (χ4n) is 1.86. The summed E-state index contributed by atoms with van der Waals surface area (Å²) >= 11 is 0. The molecule has 2 rings (SSSR count). The largest absolute Gasteiger partial charge is 0.388 e. The predicted molar refractivity (Wildman–Crippen MR) is 73.0 cm³/mol. The average molecular weight is 226 g/mol. The van der Waals surface area contributed by atoms with Gasteiger partial charge in [0.05, 0.1) is 0 Å². The smallest absolute Gasteiger partial charge is 0.0383 e. The normalized spacial score (nSPS) is 10.2. The fraction of sp³-hybridized carbons (Fsp3) is 0.200. The quantitative estimate of drug-likeness (QED) is 0.819. The Bertz CT molecular complexity index is 451. The van der Waals surface area contributed by atoms with Crippen LogP contribution in [0.15, 0.2) is 54.6 Å². The Morgan fingerprint density at radius 3 is 2.29 bits per heavy atom. The van der Waals surface area contributed by atoms with Gasteiger partial charge in [0, 0.05) is 25.8 Å². The van der Waals surface area contributed by atoms with Crippen LogP contribution in [0.3, 0.4) is 0 Å². The minimum Gasteiger partial charge on any atom is -0.388 e. The van der Waals surface area contributed by atoms with E-state index in [0.29, 0.717) is 0 Å². The number of benzene rings is 2. The van der Waals surface area contributed by atoms with Crippen molar-refractivity contribution >= 4 is 5.69 Å². The van der Waals surface area contributed by atoms with E-state index in [2.05, 4.69) is 53.1 Å². The highest BCUT2D eigenvalue weighted by Crippen LogP contribution is 2.13. The molecule has 0 aliphatic heterocycles. The summed E-state index contributed by atoms with van der Waals surface area (Å²) in [5, 5.41) is 6.66. The molecule has 0 aliphatic carbocycles. The first kappa shape index (κ1) is 11.7. The first-order valence-electron chi connectivity index (χ1n) is 5.90. The van der Waals surface area contributed by atoms with Crippen LogP contribution in [0.1, 0.15) is 11.1 Å². The molecule has 0 saturated heterocycles. The van der Waals surface area contributed by atoms with Crippen LogP contribution in [0.25, 0.3) is 0 Å². The first-order chi connectivity index (χ1) is 8.40. The number of hydrogen-bond donors (Lipinski definition) is 2. The second kappa shape index (κ2) is 6.06. The molecule has 0 heterocycles. The van der Waals surface area contributed by atoms with Crippen molar-refractivity contribution in [1.29, 1.82) is 0 Å². The van der Waals surface area contributed by atoms with Gasteiger partial charge in [0.1, 0.15) is 0 Å². The molecule has 88 valence electrons. The summed E-state index contributed by atoms with van der Waals surface area (Å²) in [4.78, 5) is 0. The zero-order valence-electron chi connectivity index (χ0n) is 10.1. The highest BCUT2D eigenvalue weighted by atomic mass is 14.9. The molecule has 0 aromatic heterocycles. The summed E-state index contributed by atoms with van der Waals surface area (Å²) in [6, 6.07) is 18.8. The molecule has 0 amide bonds. The van der Waals surface area contributed by atoms with Gasteiger partial charge in [0.15, 0.2) is 0 Å². The van der Waals surface area contributed by atoms with E-state index >= 15 is 0 Å². The number of hydrogen-bond acceptors (Lipinski definition) is 2. The molecule has 0 fully saturated rings. The third-order valence-corrected chi connectivity index (χ3v) is 2.77. The van der Waals surface area contributed by atoms with Crippen LogP contribution in [0, 0.1) is 0 Å². The van der Waals surface area contributed by atoms with Crippen molar-refractivity contribution in [3.63, 3.8) is 0 Å². The zero-order chi connectivity index (χ0) is 11.9. The Balaban J connectivity index is 1.90. The van der Waals surface area contributed by atoms with Crippen molar-refractivity contribution in [1.82, 2.24) is 5.32 Å². The Labute approximate surface area is 103 Å². The van der Waals surface area contributed by atoms with E-state index in [-0.39, 0.29) is 0 Å². The summed E-state index contributed by atoms with van der Waals surface area (Å²) in [5.41, 5.74) is 3.80. The van der Waals surface area contributed by atoms with Gasteiger partial charge in [-0.25, -0.2) is 0 Å². The zero-order valence-corrected chi connectivity index (χ0v) is 10.1. The van der Waals surface area contributed by atoms with Gasteiger partial charge in [-0.05, 0) is 17.2 Å². The summed E-state index contributed by atoms with van der Waals surface area (Å²) < 4.78 is 0. The molecule has 0 radical (unpaired) electrons. The van der Waals surface area contributed by atoms with E-state index in [1.807, 2.05) is 19.2 Å². The van der Waals surface area contributed by atoms with E-state index < -0.39 is 0 Å². The van der Waals surface area contributed by atoms with Crippen molar-refractivity contribution < 1.29 is 0 Å². The summed E-state index contributed by atoms with van der Waals surface area (Å²) in [5.74, 6) is 0. The van der Waals surface area contributed by atoms with Gasteiger partial charge in [-0.3, -0.25) is 0 Å². The maximum absolute atomic E-state index is 3.45. The lowest BCUT2D eigenvalue weighted by atomic mass is 10.1. The second-order valence-electron chi connectivity index (χ2n) is 4.00. The highest BCUT2D eigenvalue weighted by molar-refractivity contribution is 5.50. The van der Waals surface area contributed by atoms with E-state index in [1.54, 1.807) is 0 Å². The number of anilines is 1. The fourth-order valence-corrected chi connectivity index (χ4v) is 1.86. The first-order valence-corrected chi connectivity index (χ1v) is 5.90. The van der Waals surface area contributed by atoms with Gasteiger partial charge in [0.25, 0.3) is 0 Å². The van der Waals surface area contributed by atoms with E-state index in [0.717, 1.165) is 13.1 Å². The molecule has 0 atom stereocenters. The SMILES string of the molecule is CNc1ccccc1CNCc1ccccc1. The minimum atomic E-state index is 0.881. The highest BCUT2D eigenvalue weighted by Gasteiger charge is 1.98. The summed E-state index contributed by atoms with van der Waals surface area (Å²) in [7, 11) is 1.95. The van der Waals surface area contributed by atoms with Gasteiger partial charge >= 0.3 is 0 Å². The van der Waals surface area contributed by atoms with Crippen LogP contribution in [0.5, 0.6) is 0 Å². The van der Waals surface area contributed by atoms with Gasteiger partial charge in [-0.1, -0.05) is 48.5 Å². The molecule has 0 saturated carbocycles. The maximum atomic E-state index is 3.45. The molecule has 17 heavy (non-hydrogen) atoms. The van der Waals surface area contributed by atoms with Gasteiger partial charge < -0.3 is 10.6 Å². The van der Waals surface area contributed by atoms with Gasteiger partial charge in [-0.2, -0.15) is 0 Å². The van der Waals surface area contributed by atoms with Crippen LogP contribution in [-0.4, -0.2) is 7.05 Å². The summed E-state index contributed by atoms with van der Waals surface area (Å²) in [6.45, 7) is 1.78. The van der Waals surface area contributed by atoms with Crippen molar-refractivity contribution in [2.75, 3.05) is 12.4 Å². The van der Waals surface area contributed by atoms with E-state index in [1.165, 1.54) is 16.8 Å². The molecule has 2 nitrogen and oxygen atoms in total. The third kappa shape index (κ3) is 3.33. The van der Waals surface area contributed by atoms with Crippen LogP contribution >= 0.6 is 0 Å². The standard InChI is InChI=1S/C15H18N2/c1-16-15-10-6-5-9-14(15)12-17-11-13-7-3-2-4-8-13/h2-10,16-17H,11-12H2,1H3. The Hall–Kier alpha value is -1.80. The molecule has 0 unspecified atom stereocenters. The topological polar surface area (TPSA) is 24.1 Å². The lowest BCUT2D eigenvalue weighted by Gasteiger charge is -2.10. The monoisotopic (exact) mass is 226 g/mol. The molecule has 2 aromatic rings. The number of rotatable bonds is 5. The lowest BCUT2D eigenvalue weighted by molar-refractivity contribution is 0.694. The number of nitrogens with one attached hydrogen (secondary N) is 2. The molecule has 0 bridgehead atoms. The minimum absolute atomic E-state index is 0.881. The van der Waals surface area contributed by atoms with Crippen LogP contribution in [0.2, 0.25) is 0 Å². The van der Waals surface area contributed by atoms with Gasteiger partial charge in [-0.15, -0.1) is 0 Å². The Morgan fingerprint density at radius 1 is 0.824 bits per heavy atom. The van der Waals surface area contributed by atoms with Crippen LogP contribution in [0.4, 0.5) is 5.69 Å².